The summed E-state index contributed by atoms with van der Waals surface area (Å²) in [5.41, 5.74) is 0.429. The summed E-state index contributed by atoms with van der Waals surface area (Å²) in [6.07, 6.45) is -1.00. The summed E-state index contributed by atoms with van der Waals surface area (Å²) in [6, 6.07) is 25.6. The Hall–Kier alpha value is -4.76. The number of nitrogens with zero attached hydrogens (tertiary/aromatic N) is 2. The second-order valence-electron chi connectivity index (χ2n) is 9.12. The molecule has 1 fully saturated rings. The standard InChI is InChI=1S/C30H26N2O7/c1-20-18-31(30(36)32(27(20)33)23-15-9-4-10-16-23)26-17-24(39-29(35)22-13-7-3-8-14-22)25(38-26)19-37-28(34)21-11-5-2-6-12-21/h2-16,18,24-26H,17,19H2,1H3/t24-,25+,26+/m0/s1. The van der Waals surface area contributed by atoms with Gasteiger partial charge < -0.3 is 14.2 Å². The van der Waals surface area contributed by atoms with E-state index in [2.05, 4.69) is 0 Å². The van der Waals surface area contributed by atoms with Crippen molar-refractivity contribution in [2.75, 3.05) is 6.61 Å². The molecule has 3 atom stereocenters. The number of carbonyl (C=O) groups excluding carboxylic acids is 2. The Morgan fingerprint density at radius 1 is 0.846 bits per heavy atom. The highest BCUT2D eigenvalue weighted by Gasteiger charge is 2.40. The van der Waals surface area contributed by atoms with Crippen LogP contribution in [0.15, 0.2) is 107 Å². The molecule has 5 rings (SSSR count). The number of rotatable bonds is 7. The third kappa shape index (κ3) is 5.58. The molecule has 0 radical (unpaired) electrons. The molecular formula is C30H26N2O7. The van der Waals surface area contributed by atoms with Gasteiger partial charge in [-0.25, -0.2) is 19.0 Å². The third-order valence-corrected chi connectivity index (χ3v) is 6.45. The van der Waals surface area contributed by atoms with Gasteiger partial charge in [0.1, 0.15) is 25.0 Å². The molecule has 3 aromatic carbocycles. The second kappa shape index (κ2) is 11.3. The Kier molecular flexibility index (Phi) is 7.51. The lowest BCUT2D eigenvalue weighted by Gasteiger charge is -2.19. The van der Waals surface area contributed by atoms with E-state index in [9.17, 15) is 19.2 Å². The van der Waals surface area contributed by atoms with Crippen molar-refractivity contribution in [3.05, 3.63) is 135 Å². The highest BCUT2D eigenvalue weighted by Crippen LogP contribution is 2.31. The van der Waals surface area contributed by atoms with Gasteiger partial charge in [0.05, 0.1) is 16.8 Å². The number of hydrogen-bond donors (Lipinski definition) is 0. The lowest BCUT2D eigenvalue weighted by Crippen LogP contribution is -2.41. The number of benzene rings is 3. The van der Waals surface area contributed by atoms with E-state index in [4.69, 9.17) is 14.2 Å². The van der Waals surface area contributed by atoms with Gasteiger partial charge in [-0.3, -0.25) is 9.36 Å². The van der Waals surface area contributed by atoms with Crippen LogP contribution >= 0.6 is 0 Å². The van der Waals surface area contributed by atoms with Crippen LogP contribution < -0.4 is 11.2 Å². The number of esters is 2. The molecule has 9 nitrogen and oxygen atoms in total. The Morgan fingerprint density at radius 2 is 1.41 bits per heavy atom. The van der Waals surface area contributed by atoms with Crippen molar-refractivity contribution in [3.63, 3.8) is 0 Å². The topological polar surface area (TPSA) is 106 Å². The van der Waals surface area contributed by atoms with Gasteiger partial charge in [-0.2, -0.15) is 0 Å². The van der Waals surface area contributed by atoms with Crippen LogP contribution in [0.2, 0.25) is 0 Å². The largest absolute Gasteiger partial charge is 0.459 e. The molecule has 0 spiro atoms. The molecule has 1 saturated heterocycles. The Morgan fingerprint density at radius 3 is 2.03 bits per heavy atom. The van der Waals surface area contributed by atoms with E-state index < -0.39 is 41.6 Å². The van der Waals surface area contributed by atoms with E-state index in [1.54, 1.807) is 97.9 Å². The highest BCUT2D eigenvalue weighted by atomic mass is 16.6. The van der Waals surface area contributed by atoms with Gasteiger partial charge >= 0.3 is 17.6 Å². The fourth-order valence-electron chi connectivity index (χ4n) is 4.45. The summed E-state index contributed by atoms with van der Waals surface area (Å²) in [6.45, 7) is 1.40. The molecule has 9 heteroatoms. The Bertz CT molecular complexity index is 1580. The number of ether oxygens (including phenoxy) is 3. The zero-order chi connectivity index (χ0) is 27.4. The minimum atomic E-state index is -0.874. The monoisotopic (exact) mass is 526 g/mol. The Balaban J connectivity index is 1.44. The van der Waals surface area contributed by atoms with Crippen LogP contribution in [0.25, 0.3) is 5.69 Å². The van der Waals surface area contributed by atoms with Crippen LogP contribution in [0, 0.1) is 6.92 Å². The van der Waals surface area contributed by atoms with Crippen molar-refractivity contribution in [2.45, 2.75) is 31.8 Å². The maximum Gasteiger partial charge on any atom is 0.338 e. The van der Waals surface area contributed by atoms with Gasteiger partial charge in [-0.15, -0.1) is 0 Å². The molecule has 0 N–H and O–H groups in total. The molecule has 0 aliphatic carbocycles. The first-order valence-corrected chi connectivity index (χ1v) is 12.5. The van der Waals surface area contributed by atoms with E-state index in [1.807, 2.05) is 0 Å². The van der Waals surface area contributed by atoms with Crippen molar-refractivity contribution in [1.82, 2.24) is 9.13 Å². The van der Waals surface area contributed by atoms with Crippen LogP contribution in [0.3, 0.4) is 0 Å². The molecule has 0 bridgehead atoms. The van der Waals surface area contributed by atoms with Gasteiger partial charge in [0.2, 0.25) is 0 Å². The maximum absolute atomic E-state index is 13.5. The average Bonchev–Trinajstić information content (AvgIpc) is 3.37. The number of aromatic nitrogens is 2. The summed E-state index contributed by atoms with van der Waals surface area (Å²) in [5, 5.41) is 0. The van der Waals surface area contributed by atoms with Crippen molar-refractivity contribution in [2.24, 2.45) is 0 Å². The Labute approximate surface area is 223 Å². The molecule has 0 unspecified atom stereocenters. The molecule has 0 saturated carbocycles. The molecule has 2 heterocycles. The minimum Gasteiger partial charge on any atom is -0.459 e. The van der Waals surface area contributed by atoms with Crippen LogP contribution in [0.5, 0.6) is 0 Å². The SMILES string of the molecule is Cc1cn([C@H]2C[C@H](OC(=O)c3ccccc3)[C@@H](COC(=O)c3ccccc3)O2)c(=O)n(-c2ccccc2)c1=O. The normalized spacial score (nSPS) is 18.4. The van der Waals surface area contributed by atoms with Crippen molar-refractivity contribution in [1.29, 1.82) is 0 Å². The summed E-state index contributed by atoms with van der Waals surface area (Å²) >= 11 is 0. The maximum atomic E-state index is 13.5. The quantitative estimate of drug-likeness (QED) is 0.338. The van der Waals surface area contributed by atoms with Crippen molar-refractivity contribution < 1.29 is 23.8 Å². The predicted octanol–water partition coefficient (Wildman–Crippen LogP) is 3.68. The molecule has 1 aromatic heterocycles. The van der Waals surface area contributed by atoms with Gasteiger partial charge in [-0.1, -0.05) is 54.6 Å². The molecular weight excluding hydrogens is 500 g/mol. The molecule has 198 valence electrons. The minimum absolute atomic E-state index is 0.110. The number of hydrogen-bond acceptors (Lipinski definition) is 7. The third-order valence-electron chi connectivity index (χ3n) is 6.45. The summed E-state index contributed by atoms with van der Waals surface area (Å²) in [4.78, 5) is 51.8. The first-order valence-electron chi connectivity index (χ1n) is 12.5. The molecule has 0 amide bonds. The van der Waals surface area contributed by atoms with Gasteiger partial charge in [0.25, 0.3) is 5.56 Å². The van der Waals surface area contributed by atoms with Crippen LogP contribution in [-0.2, 0) is 14.2 Å². The molecule has 39 heavy (non-hydrogen) atoms. The average molecular weight is 527 g/mol. The van der Waals surface area contributed by atoms with Crippen LogP contribution in [-0.4, -0.2) is 39.9 Å². The lowest BCUT2D eigenvalue weighted by atomic mass is 10.1. The van der Waals surface area contributed by atoms with Gasteiger partial charge in [0.15, 0.2) is 0 Å². The van der Waals surface area contributed by atoms with E-state index in [-0.39, 0.29) is 13.0 Å². The summed E-state index contributed by atoms with van der Waals surface area (Å²) in [5.74, 6) is -1.12. The van der Waals surface area contributed by atoms with Crippen LogP contribution in [0.1, 0.15) is 38.9 Å². The first-order chi connectivity index (χ1) is 18.9. The van der Waals surface area contributed by atoms with Crippen molar-refractivity contribution in [3.8, 4) is 5.69 Å². The summed E-state index contributed by atoms with van der Waals surface area (Å²) < 4.78 is 19.8. The highest BCUT2D eigenvalue weighted by molar-refractivity contribution is 5.90. The fourth-order valence-corrected chi connectivity index (χ4v) is 4.45. The lowest BCUT2D eigenvalue weighted by molar-refractivity contribution is -0.0584. The fraction of sp³-hybridized carbons (Fsp3) is 0.200. The number of para-hydroxylation sites is 1. The number of carbonyl (C=O) groups is 2. The zero-order valence-electron chi connectivity index (χ0n) is 21.1. The molecule has 1 aliphatic rings. The van der Waals surface area contributed by atoms with Gasteiger partial charge in [0, 0.05) is 18.2 Å². The summed E-state index contributed by atoms with van der Waals surface area (Å²) in [7, 11) is 0. The smallest absolute Gasteiger partial charge is 0.338 e. The first kappa shape index (κ1) is 25.9. The van der Waals surface area contributed by atoms with E-state index in [0.717, 1.165) is 4.57 Å². The zero-order valence-corrected chi connectivity index (χ0v) is 21.1. The predicted molar refractivity (Wildman–Crippen MR) is 142 cm³/mol. The van der Waals surface area contributed by atoms with Crippen LogP contribution in [0.4, 0.5) is 0 Å². The number of aryl methyl sites for hydroxylation is 1. The van der Waals surface area contributed by atoms with Gasteiger partial charge in [-0.05, 0) is 43.3 Å². The van der Waals surface area contributed by atoms with E-state index in [1.165, 1.54) is 10.8 Å². The molecule has 4 aromatic rings. The second-order valence-corrected chi connectivity index (χ2v) is 9.12. The molecule has 1 aliphatic heterocycles. The van der Waals surface area contributed by atoms with E-state index >= 15 is 0 Å². The van der Waals surface area contributed by atoms with E-state index in [0.29, 0.717) is 22.4 Å². The van der Waals surface area contributed by atoms with Crippen molar-refractivity contribution >= 4 is 11.9 Å².